The van der Waals surface area contributed by atoms with Crippen LogP contribution in [0.2, 0.25) is 0 Å². The van der Waals surface area contributed by atoms with E-state index in [0.717, 1.165) is 13.1 Å². The molecule has 1 aromatic carbocycles. The van der Waals surface area contributed by atoms with Gasteiger partial charge in [-0.25, -0.2) is 4.39 Å². The molecule has 4 nitrogen and oxygen atoms in total. The van der Waals surface area contributed by atoms with Crippen LogP contribution in [0.1, 0.15) is 13.8 Å². The van der Waals surface area contributed by atoms with E-state index in [0.29, 0.717) is 22.7 Å². The van der Waals surface area contributed by atoms with E-state index in [2.05, 4.69) is 24.1 Å². The highest BCUT2D eigenvalue weighted by molar-refractivity contribution is 8.00. The number of thioether (sulfide) groups is 1. The Morgan fingerprint density at radius 1 is 1.45 bits per heavy atom. The number of benzene rings is 1. The predicted octanol–water partition coefficient (Wildman–Crippen LogP) is 2.17. The monoisotopic (exact) mass is 297 g/mol. The van der Waals surface area contributed by atoms with Gasteiger partial charge in [-0.2, -0.15) is 11.8 Å². The summed E-state index contributed by atoms with van der Waals surface area (Å²) in [6, 6.07) is 4.21. The van der Waals surface area contributed by atoms with Crippen molar-refractivity contribution in [1.82, 2.24) is 4.90 Å². The van der Waals surface area contributed by atoms with Crippen LogP contribution < -0.4 is 11.1 Å². The molecule has 2 rings (SSSR count). The lowest BCUT2D eigenvalue weighted by Crippen LogP contribution is -2.44. The van der Waals surface area contributed by atoms with E-state index < -0.39 is 5.82 Å². The Kier molecular flexibility index (Phi) is 4.88. The Morgan fingerprint density at radius 3 is 2.70 bits per heavy atom. The molecule has 6 heteroatoms. The average Bonchev–Trinajstić information content (AvgIpc) is 2.32. The van der Waals surface area contributed by atoms with Gasteiger partial charge >= 0.3 is 0 Å². The van der Waals surface area contributed by atoms with Gasteiger partial charge in [-0.05, 0) is 18.2 Å². The number of rotatable bonds is 3. The molecule has 2 atom stereocenters. The molecule has 0 aliphatic carbocycles. The number of amides is 1. The number of carbonyl (C=O) groups is 1. The predicted molar refractivity (Wildman–Crippen MR) is 82.4 cm³/mol. The van der Waals surface area contributed by atoms with Crippen molar-refractivity contribution >= 4 is 29.0 Å². The number of hydrogen-bond acceptors (Lipinski definition) is 4. The molecule has 3 N–H and O–H groups in total. The Morgan fingerprint density at radius 2 is 2.10 bits per heavy atom. The number of nitrogens with one attached hydrogen (secondary N) is 1. The summed E-state index contributed by atoms with van der Waals surface area (Å²) in [5.41, 5.74) is 6.05. The lowest BCUT2D eigenvalue weighted by Gasteiger charge is -2.33. The fourth-order valence-corrected chi connectivity index (χ4v) is 3.83. The molecule has 0 aromatic heterocycles. The minimum Gasteiger partial charge on any atom is -0.396 e. The van der Waals surface area contributed by atoms with Gasteiger partial charge in [0.15, 0.2) is 0 Å². The van der Waals surface area contributed by atoms with E-state index in [9.17, 15) is 9.18 Å². The van der Waals surface area contributed by atoms with Gasteiger partial charge in [0.25, 0.3) is 0 Å². The van der Waals surface area contributed by atoms with Gasteiger partial charge in [-0.3, -0.25) is 9.69 Å². The molecular formula is C14H20FN3OS. The number of anilines is 2. The number of nitrogens with zero attached hydrogens (tertiary/aromatic N) is 1. The molecule has 0 saturated carbocycles. The van der Waals surface area contributed by atoms with Gasteiger partial charge in [-0.1, -0.05) is 13.8 Å². The van der Waals surface area contributed by atoms with Crippen molar-refractivity contribution in [3.05, 3.63) is 24.0 Å². The molecular weight excluding hydrogens is 277 g/mol. The number of hydrogen-bond donors (Lipinski definition) is 2. The lowest BCUT2D eigenvalue weighted by molar-refractivity contribution is -0.117. The largest absolute Gasteiger partial charge is 0.396 e. The summed E-state index contributed by atoms with van der Waals surface area (Å²) in [7, 11) is 0. The van der Waals surface area contributed by atoms with Gasteiger partial charge in [0, 0.05) is 29.3 Å². The molecule has 110 valence electrons. The van der Waals surface area contributed by atoms with Crippen molar-refractivity contribution in [3.8, 4) is 0 Å². The van der Waals surface area contributed by atoms with Gasteiger partial charge < -0.3 is 11.1 Å². The summed E-state index contributed by atoms with van der Waals surface area (Å²) in [6.45, 7) is 6.52. The summed E-state index contributed by atoms with van der Waals surface area (Å²) in [6.07, 6.45) is 0. The highest BCUT2D eigenvalue weighted by Crippen LogP contribution is 2.24. The van der Waals surface area contributed by atoms with E-state index in [1.165, 1.54) is 18.2 Å². The van der Waals surface area contributed by atoms with Crippen molar-refractivity contribution in [2.45, 2.75) is 24.3 Å². The summed E-state index contributed by atoms with van der Waals surface area (Å²) >= 11 is 1.95. The molecule has 1 aliphatic heterocycles. The minimum absolute atomic E-state index is 0.0411. The van der Waals surface area contributed by atoms with Crippen molar-refractivity contribution in [1.29, 1.82) is 0 Å². The van der Waals surface area contributed by atoms with Crippen LogP contribution in [0.3, 0.4) is 0 Å². The molecule has 2 unspecified atom stereocenters. The topological polar surface area (TPSA) is 58.4 Å². The Labute approximate surface area is 122 Å². The van der Waals surface area contributed by atoms with E-state index >= 15 is 0 Å². The fourth-order valence-electron chi connectivity index (χ4n) is 2.44. The molecule has 0 spiro atoms. The first-order chi connectivity index (χ1) is 9.44. The molecule has 1 amide bonds. The zero-order valence-corrected chi connectivity index (χ0v) is 12.5. The molecule has 1 aromatic rings. The third-order valence-corrected chi connectivity index (χ3v) is 4.37. The smallest absolute Gasteiger partial charge is 0.238 e. The van der Waals surface area contributed by atoms with E-state index in [4.69, 9.17) is 5.73 Å². The molecule has 20 heavy (non-hydrogen) atoms. The fraction of sp³-hybridized carbons (Fsp3) is 0.500. The molecule has 1 saturated heterocycles. The highest BCUT2D eigenvalue weighted by Gasteiger charge is 2.23. The van der Waals surface area contributed by atoms with Crippen LogP contribution in [0.4, 0.5) is 15.8 Å². The van der Waals surface area contributed by atoms with Crippen molar-refractivity contribution in [2.24, 2.45) is 0 Å². The number of halogens is 1. The Balaban J connectivity index is 1.90. The maximum atomic E-state index is 13.0. The van der Waals surface area contributed by atoms with Crippen LogP contribution in [0.5, 0.6) is 0 Å². The first-order valence-corrected chi connectivity index (χ1v) is 7.61. The van der Waals surface area contributed by atoms with Crippen LogP contribution in [-0.2, 0) is 4.79 Å². The molecule has 1 aliphatic rings. The first-order valence-electron chi connectivity index (χ1n) is 6.66. The molecule has 1 heterocycles. The first kappa shape index (κ1) is 15.1. The number of nitrogen functional groups attached to an aromatic ring is 1. The normalized spacial score (nSPS) is 23.6. The summed E-state index contributed by atoms with van der Waals surface area (Å²) in [5, 5.41) is 3.82. The lowest BCUT2D eigenvalue weighted by atomic mass is 10.2. The number of nitrogens with two attached hydrogens (primary N) is 1. The second-order valence-electron chi connectivity index (χ2n) is 5.24. The van der Waals surface area contributed by atoms with Crippen LogP contribution in [-0.4, -0.2) is 40.9 Å². The quantitative estimate of drug-likeness (QED) is 0.840. The van der Waals surface area contributed by atoms with Crippen molar-refractivity contribution < 1.29 is 9.18 Å². The summed E-state index contributed by atoms with van der Waals surface area (Å²) < 4.78 is 13.0. The second kappa shape index (κ2) is 6.45. The van der Waals surface area contributed by atoms with Crippen LogP contribution in [0, 0.1) is 5.82 Å². The van der Waals surface area contributed by atoms with E-state index in [1.807, 2.05) is 11.8 Å². The van der Waals surface area contributed by atoms with E-state index in [-0.39, 0.29) is 11.6 Å². The van der Waals surface area contributed by atoms with Crippen LogP contribution in [0.25, 0.3) is 0 Å². The zero-order chi connectivity index (χ0) is 14.7. The third kappa shape index (κ3) is 4.11. The minimum atomic E-state index is -0.473. The SMILES string of the molecule is CC1CN(CC(=O)Nc2ccc(F)c(N)c2)CC(C)S1. The number of carbonyl (C=O) groups excluding carboxylic acids is 1. The Hall–Kier alpha value is -1.27. The summed E-state index contributed by atoms with van der Waals surface area (Å²) in [5.74, 6) is -0.569. The maximum Gasteiger partial charge on any atom is 0.238 e. The van der Waals surface area contributed by atoms with Gasteiger partial charge in [0.1, 0.15) is 5.82 Å². The van der Waals surface area contributed by atoms with Crippen LogP contribution >= 0.6 is 11.8 Å². The highest BCUT2D eigenvalue weighted by atomic mass is 32.2. The Bertz CT molecular complexity index is 487. The maximum absolute atomic E-state index is 13.0. The van der Waals surface area contributed by atoms with Gasteiger partial charge in [0.2, 0.25) is 5.91 Å². The third-order valence-electron chi connectivity index (χ3n) is 3.14. The van der Waals surface area contributed by atoms with Crippen molar-refractivity contribution in [3.63, 3.8) is 0 Å². The van der Waals surface area contributed by atoms with E-state index in [1.54, 1.807) is 0 Å². The molecule has 0 radical (unpaired) electrons. The standard InChI is InChI=1S/C14H20FN3OS/c1-9-6-18(7-10(2)20-9)8-14(19)17-11-3-4-12(15)13(16)5-11/h3-5,9-10H,6-8,16H2,1-2H3,(H,17,19). The zero-order valence-electron chi connectivity index (χ0n) is 11.7. The molecule has 0 bridgehead atoms. The van der Waals surface area contributed by atoms with Crippen molar-refractivity contribution in [2.75, 3.05) is 30.7 Å². The van der Waals surface area contributed by atoms with Gasteiger partial charge in [0.05, 0.1) is 12.2 Å². The molecule has 1 fully saturated rings. The summed E-state index contributed by atoms with van der Waals surface area (Å²) in [4.78, 5) is 14.1. The van der Waals surface area contributed by atoms with Crippen LogP contribution in [0.15, 0.2) is 18.2 Å². The average molecular weight is 297 g/mol. The second-order valence-corrected chi connectivity index (χ2v) is 7.12. The van der Waals surface area contributed by atoms with Gasteiger partial charge in [-0.15, -0.1) is 0 Å².